The lowest BCUT2D eigenvalue weighted by Gasteiger charge is -2.31. The summed E-state index contributed by atoms with van der Waals surface area (Å²) in [4.78, 5) is 26.1. The zero-order valence-corrected chi connectivity index (χ0v) is 15.4. The van der Waals surface area contributed by atoms with Crippen LogP contribution >= 0.6 is 0 Å². The van der Waals surface area contributed by atoms with Crippen LogP contribution in [-0.4, -0.2) is 57.2 Å². The average Bonchev–Trinajstić information content (AvgIpc) is 2.94. The number of anilines is 1. The maximum Gasteiger partial charge on any atom is 0.327 e. The van der Waals surface area contributed by atoms with E-state index in [1.807, 2.05) is 0 Å². The van der Waals surface area contributed by atoms with Crippen molar-refractivity contribution in [3.63, 3.8) is 0 Å². The summed E-state index contributed by atoms with van der Waals surface area (Å²) < 4.78 is 7.25. The molecule has 1 saturated heterocycles. The zero-order chi connectivity index (χ0) is 18.5. The van der Waals surface area contributed by atoms with Gasteiger partial charge in [0.15, 0.2) is 11.5 Å². The number of ether oxygens (including phenoxy) is 1. The number of rotatable bonds is 8. The van der Waals surface area contributed by atoms with Gasteiger partial charge in [0.2, 0.25) is 0 Å². The van der Waals surface area contributed by atoms with Crippen molar-refractivity contribution in [2.24, 2.45) is 11.7 Å². The van der Waals surface area contributed by atoms with Crippen molar-refractivity contribution < 1.29 is 4.74 Å². The minimum atomic E-state index is -0.198. The van der Waals surface area contributed by atoms with Crippen LogP contribution in [0.1, 0.15) is 32.6 Å². The van der Waals surface area contributed by atoms with Crippen molar-refractivity contribution in [3.05, 3.63) is 10.5 Å². The molecule has 1 aliphatic heterocycles. The van der Waals surface area contributed by atoms with Crippen molar-refractivity contribution >= 4 is 17.0 Å². The molecule has 26 heavy (non-hydrogen) atoms. The largest absolute Gasteiger partial charge is 0.463 e. The second kappa shape index (κ2) is 8.50. The molecule has 0 aliphatic carbocycles. The van der Waals surface area contributed by atoms with E-state index in [1.54, 1.807) is 4.57 Å². The Balaban J connectivity index is 1.77. The normalized spacial score (nSPS) is 16.4. The van der Waals surface area contributed by atoms with E-state index in [1.165, 1.54) is 0 Å². The van der Waals surface area contributed by atoms with E-state index < -0.39 is 0 Å². The monoisotopic (exact) mass is 363 g/mol. The number of imidazole rings is 1. The highest BCUT2D eigenvalue weighted by atomic mass is 16.5. The van der Waals surface area contributed by atoms with Crippen LogP contribution in [0.4, 0.5) is 5.82 Å². The van der Waals surface area contributed by atoms with E-state index in [-0.39, 0.29) is 17.5 Å². The quantitative estimate of drug-likeness (QED) is 0.584. The summed E-state index contributed by atoms with van der Waals surface area (Å²) in [7, 11) is 0. The number of unbranched alkanes of at least 4 members (excludes halogenated alkanes) is 1. The first kappa shape index (κ1) is 18.7. The summed E-state index contributed by atoms with van der Waals surface area (Å²) in [6, 6.07) is 0.231. The second-order valence-electron chi connectivity index (χ2n) is 6.91. The smallest absolute Gasteiger partial charge is 0.327 e. The predicted octanol–water partition coefficient (Wildman–Crippen LogP) is 0.551. The standard InChI is InChI=1S/C17H29N7O2/c1-2-3-10-26-16-21-14(19)13-15(22-16)24(17(25)20-13)11-12-4-7-23(8-5-12)9-6-18/h12H,2-11,18H2,1H3,(H,20,25)(H2,19,21,22). The fourth-order valence-electron chi connectivity index (χ4n) is 3.41. The lowest BCUT2D eigenvalue weighted by Crippen LogP contribution is -2.38. The number of nitrogen functional groups attached to an aromatic ring is 1. The van der Waals surface area contributed by atoms with Gasteiger partial charge < -0.3 is 26.1 Å². The van der Waals surface area contributed by atoms with Gasteiger partial charge >= 0.3 is 11.7 Å². The first-order chi connectivity index (χ1) is 12.6. The Kier molecular flexibility index (Phi) is 6.10. The number of piperidine rings is 1. The Morgan fingerprint density at radius 2 is 2.08 bits per heavy atom. The van der Waals surface area contributed by atoms with Crippen molar-refractivity contribution in [3.8, 4) is 6.01 Å². The molecule has 3 rings (SSSR count). The molecule has 0 unspecified atom stereocenters. The van der Waals surface area contributed by atoms with E-state index in [0.29, 0.717) is 36.8 Å². The number of nitrogens with zero attached hydrogens (tertiary/aromatic N) is 4. The van der Waals surface area contributed by atoms with Gasteiger partial charge in [0.25, 0.3) is 0 Å². The molecule has 2 aromatic rings. The van der Waals surface area contributed by atoms with Crippen molar-refractivity contribution in [1.82, 2.24) is 24.4 Å². The van der Waals surface area contributed by atoms with Gasteiger partial charge in [-0.05, 0) is 38.3 Å². The summed E-state index contributed by atoms with van der Waals surface area (Å²) >= 11 is 0. The molecule has 9 nitrogen and oxygen atoms in total. The fraction of sp³-hybridized carbons (Fsp3) is 0.706. The molecule has 2 aromatic heterocycles. The van der Waals surface area contributed by atoms with Crippen molar-refractivity contribution in [1.29, 1.82) is 0 Å². The van der Waals surface area contributed by atoms with Crippen LogP contribution in [0.5, 0.6) is 6.01 Å². The van der Waals surface area contributed by atoms with Crippen molar-refractivity contribution in [2.75, 3.05) is 38.5 Å². The Hall–Kier alpha value is -2.13. The predicted molar refractivity (Wildman–Crippen MR) is 101 cm³/mol. The first-order valence-electron chi connectivity index (χ1n) is 9.43. The van der Waals surface area contributed by atoms with E-state index in [4.69, 9.17) is 16.2 Å². The number of aromatic nitrogens is 4. The molecule has 144 valence electrons. The van der Waals surface area contributed by atoms with Gasteiger partial charge in [-0.1, -0.05) is 13.3 Å². The third-order valence-electron chi connectivity index (χ3n) is 4.95. The third kappa shape index (κ3) is 4.16. The molecule has 0 amide bonds. The van der Waals surface area contributed by atoms with E-state index in [9.17, 15) is 4.79 Å². The maximum absolute atomic E-state index is 12.4. The fourth-order valence-corrected chi connectivity index (χ4v) is 3.41. The van der Waals surface area contributed by atoms with Crippen LogP contribution in [0.3, 0.4) is 0 Å². The lowest BCUT2D eigenvalue weighted by molar-refractivity contribution is 0.177. The van der Waals surface area contributed by atoms with Gasteiger partial charge in [-0.3, -0.25) is 4.57 Å². The Morgan fingerprint density at radius 1 is 1.31 bits per heavy atom. The molecule has 0 radical (unpaired) electrons. The average molecular weight is 363 g/mol. The van der Waals surface area contributed by atoms with Crippen LogP contribution in [-0.2, 0) is 6.54 Å². The highest BCUT2D eigenvalue weighted by Gasteiger charge is 2.22. The van der Waals surface area contributed by atoms with Crippen LogP contribution in [0.2, 0.25) is 0 Å². The highest BCUT2D eigenvalue weighted by Crippen LogP contribution is 2.22. The summed E-state index contributed by atoms with van der Waals surface area (Å²) in [5, 5.41) is 0. The van der Waals surface area contributed by atoms with Gasteiger partial charge in [-0.15, -0.1) is 0 Å². The molecule has 1 aliphatic rings. The summed E-state index contributed by atoms with van der Waals surface area (Å²) in [5.41, 5.74) is 12.4. The molecule has 0 bridgehead atoms. The van der Waals surface area contributed by atoms with Gasteiger partial charge in [-0.2, -0.15) is 9.97 Å². The van der Waals surface area contributed by atoms with Crippen LogP contribution in [0, 0.1) is 5.92 Å². The molecule has 0 aromatic carbocycles. The minimum absolute atomic E-state index is 0.198. The van der Waals surface area contributed by atoms with Crippen LogP contribution in [0.15, 0.2) is 4.79 Å². The van der Waals surface area contributed by atoms with Gasteiger partial charge in [0, 0.05) is 19.6 Å². The van der Waals surface area contributed by atoms with Crippen LogP contribution < -0.4 is 21.9 Å². The number of likely N-dealkylation sites (tertiary alicyclic amines) is 1. The van der Waals surface area contributed by atoms with E-state index >= 15 is 0 Å². The SMILES string of the molecule is CCCCOc1nc(N)c2[nH]c(=O)n(CC3CCN(CCN)CC3)c2n1. The molecule has 0 atom stereocenters. The van der Waals surface area contributed by atoms with Gasteiger partial charge in [0.05, 0.1) is 6.61 Å². The minimum Gasteiger partial charge on any atom is -0.463 e. The van der Waals surface area contributed by atoms with E-state index in [2.05, 4.69) is 26.8 Å². The number of hydrogen-bond acceptors (Lipinski definition) is 7. The Morgan fingerprint density at radius 3 is 2.77 bits per heavy atom. The number of fused-ring (bicyclic) bond motifs is 1. The molecule has 5 N–H and O–H groups in total. The molecule has 9 heteroatoms. The topological polar surface area (TPSA) is 128 Å². The summed E-state index contributed by atoms with van der Waals surface area (Å²) in [6.45, 7) is 6.90. The third-order valence-corrected chi connectivity index (χ3v) is 4.95. The summed E-state index contributed by atoms with van der Waals surface area (Å²) in [6.07, 6.45) is 4.02. The Labute approximate surface area is 152 Å². The molecule has 3 heterocycles. The van der Waals surface area contributed by atoms with E-state index in [0.717, 1.165) is 45.3 Å². The van der Waals surface area contributed by atoms with Crippen molar-refractivity contribution in [2.45, 2.75) is 39.2 Å². The van der Waals surface area contributed by atoms with Gasteiger partial charge in [0.1, 0.15) is 5.52 Å². The highest BCUT2D eigenvalue weighted by molar-refractivity contribution is 5.81. The number of aromatic amines is 1. The van der Waals surface area contributed by atoms with Crippen LogP contribution in [0.25, 0.3) is 11.2 Å². The maximum atomic E-state index is 12.4. The number of nitrogens with one attached hydrogen (secondary N) is 1. The number of nitrogens with two attached hydrogens (primary N) is 2. The molecule has 0 spiro atoms. The molecule has 1 fully saturated rings. The Bertz CT molecular complexity index is 777. The number of hydrogen-bond donors (Lipinski definition) is 3. The molecular weight excluding hydrogens is 334 g/mol. The molecule has 0 saturated carbocycles. The molecular formula is C17H29N7O2. The lowest BCUT2D eigenvalue weighted by atomic mass is 9.97. The second-order valence-corrected chi connectivity index (χ2v) is 6.91. The number of H-pyrrole nitrogens is 1. The first-order valence-corrected chi connectivity index (χ1v) is 9.43. The summed E-state index contributed by atoms with van der Waals surface area (Å²) in [5.74, 6) is 0.677. The van der Waals surface area contributed by atoms with Gasteiger partial charge in [-0.25, -0.2) is 4.79 Å². The zero-order valence-electron chi connectivity index (χ0n) is 15.4.